The molecule has 0 aromatic heterocycles. The fraction of sp³-hybridized carbons (Fsp3) is 0.409. The lowest BCUT2D eigenvalue weighted by atomic mass is 9.67. The van der Waals surface area contributed by atoms with Gasteiger partial charge in [0.1, 0.15) is 5.75 Å². The Morgan fingerprint density at radius 1 is 1.19 bits per heavy atom. The quantitative estimate of drug-likeness (QED) is 0.683. The molecule has 3 aliphatic rings. The van der Waals surface area contributed by atoms with E-state index in [1.165, 1.54) is 24.8 Å². The Balaban J connectivity index is 1.70. The van der Waals surface area contributed by atoms with Gasteiger partial charge in [-0.25, -0.2) is 4.79 Å². The van der Waals surface area contributed by atoms with Gasteiger partial charge in [0, 0.05) is 10.0 Å². The second kappa shape index (κ2) is 6.26. The highest BCUT2D eigenvalue weighted by Crippen LogP contribution is 2.64. The fourth-order valence-electron chi connectivity index (χ4n) is 5.95. The highest BCUT2D eigenvalue weighted by Gasteiger charge is 2.54. The van der Waals surface area contributed by atoms with Gasteiger partial charge in [0.05, 0.1) is 24.4 Å². The molecule has 2 aromatic rings. The number of carbonyl (C=O) groups is 1. The van der Waals surface area contributed by atoms with Gasteiger partial charge in [-0.2, -0.15) is 0 Å². The van der Waals surface area contributed by atoms with Crippen LogP contribution in [0.5, 0.6) is 5.75 Å². The van der Waals surface area contributed by atoms with Crippen LogP contribution >= 0.6 is 15.9 Å². The van der Waals surface area contributed by atoms with Crippen molar-refractivity contribution in [3.63, 3.8) is 0 Å². The number of halogens is 1. The van der Waals surface area contributed by atoms with Crippen LogP contribution in [0.25, 0.3) is 0 Å². The van der Waals surface area contributed by atoms with Crippen LogP contribution in [-0.2, 0) is 0 Å². The minimum absolute atomic E-state index is 0.0609. The van der Waals surface area contributed by atoms with E-state index >= 15 is 0 Å². The van der Waals surface area contributed by atoms with Crippen molar-refractivity contribution in [2.75, 3.05) is 12.4 Å². The third-order valence-electron chi connectivity index (χ3n) is 6.88. The Labute approximate surface area is 167 Å². The van der Waals surface area contributed by atoms with E-state index in [9.17, 15) is 9.90 Å². The van der Waals surface area contributed by atoms with Gasteiger partial charge in [0.2, 0.25) is 0 Å². The highest BCUT2D eigenvalue weighted by atomic mass is 79.9. The molecule has 5 atom stereocenters. The fourth-order valence-corrected chi connectivity index (χ4v) is 6.33. The van der Waals surface area contributed by atoms with Crippen molar-refractivity contribution in [1.29, 1.82) is 0 Å². The maximum Gasteiger partial charge on any atom is 0.337 e. The Hall–Kier alpha value is -2.01. The third-order valence-corrected chi connectivity index (χ3v) is 7.37. The van der Waals surface area contributed by atoms with E-state index < -0.39 is 5.97 Å². The molecule has 0 spiro atoms. The average Bonchev–Trinajstić information content (AvgIpc) is 3.29. The van der Waals surface area contributed by atoms with Crippen LogP contribution in [0.2, 0.25) is 0 Å². The number of benzene rings is 2. The number of nitrogens with one attached hydrogen (secondary N) is 1. The molecule has 5 rings (SSSR count). The van der Waals surface area contributed by atoms with Crippen LogP contribution in [-0.4, -0.2) is 18.2 Å². The molecule has 140 valence electrons. The number of methoxy groups -OCH3 is 1. The first-order valence-electron chi connectivity index (χ1n) is 9.54. The van der Waals surface area contributed by atoms with Gasteiger partial charge >= 0.3 is 5.97 Å². The number of carboxylic acids is 1. The first-order chi connectivity index (χ1) is 13.1. The van der Waals surface area contributed by atoms with E-state index in [2.05, 4.69) is 33.4 Å². The van der Waals surface area contributed by atoms with Crippen LogP contribution in [0.15, 0.2) is 40.9 Å². The van der Waals surface area contributed by atoms with Crippen molar-refractivity contribution in [3.05, 3.63) is 57.6 Å². The molecule has 5 unspecified atom stereocenters. The van der Waals surface area contributed by atoms with Crippen molar-refractivity contribution in [2.24, 2.45) is 17.8 Å². The van der Waals surface area contributed by atoms with Crippen LogP contribution in [0, 0.1) is 17.8 Å². The van der Waals surface area contributed by atoms with Gasteiger partial charge in [-0.15, -0.1) is 0 Å². The molecule has 2 saturated carbocycles. The zero-order valence-electron chi connectivity index (χ0n) is 15.1. The molecule has 2 aromatic carbocycles. The second-order valence-corrected chi connectivity index (χ2v) is 8.94. The molecule has 5 heteroatoms. The molecule has 2 bridgehead atoms. The summed E-state index contributed by atoms with van der Waals surface area (Å²) in [5.41, 5.74) is 3.47. The lowest BCUT2D eigenvalue weighted by Crippen LogP contribution is -2.36. The number of anilines is 1. The summed E-state index contributed by atoms with van der Waals surface area (Å²) in [6.07, 6.45) is 3.78. The Morgan fingerprint density at radius 2 is 2.00 bits per heavy atom. The van der Waals surface area contributed by atoms with Gasteiger partial charge < -0.3 is 15.2 Å². The number of ether oxygens (including phenoxy) is 1. The summed E-state index contributed by atoms with van der Waals surface area (Å²) in [4.78, 5) is 11.9. The lowest BCUT2D eigenvalue weighted by Gasteiger charge is -2.44. The SMILES string of the molecule is COc1ccc(Br)cc1C1Nc2c(C(=O)O)cccc2C2C3CCC(C3)C12. The van der Waals surface area contributed by atoms with Crippen molar-refractivity contribution < 1.29 is 14.6 Å². The van der Waals surface area contributed by atoms with E-state index in [-0.39, 0.29) is 6.04 Å². The van der Waals surface area contributed by atoms with Gasteiger partial charge in [0.15, 0.2) is 0 Å². The molecular formula is C22H22BrNO3. The largest absolute Gasteiger partial charge is 0.496 e. The first kappa shape index (κ1) is 17.1. The molecule has 2 aliphatic carbocycles. The molecule has 1 heterocycles. The standard InChI is InChI=1S/C22H22BrNO3/c1-27-17-8-7-13(23)10-16(17)21-19-12-6-5-11(9-12)18(19)14-3-2-4-15(22(25)26)20(14)24-21/h2-4,7-8,10-12,18-19,21,24H,5-6,9H2,1H3,(H,25,26). The summed E-state index contributed by atoms with van der Waals surface area (Å²) in [6.45, 7) is 0. The minimum Gasteiger partial charge on any atom is -0.496 e. The van der Waals surface area contributed by atoms with Crippen LogP contribution < -0.4 is 10.1 Å². The number of carboxylic acid groups (broad SMARTS) is 1. The molecule has 27 heavy (non-hydrogen) atoms. The Bertz CT molecular complexity index is 928. The predicted molar refractivity (Wildman–Crippen MR) is 108 cm³/mol. The van der Waals surface area contributed by atoms with Gasteiger partial charge in [-0.1, -0.05) is 28.1 Å². The van der Waals surface area contributed by atoms with E-state index in [1.54, 1.807) is 13.2 Å². The lowest BCUT2D eigenvalue weighted by molar-refractivity contribution is 0.0697. The van der Waals surface area contributed by atoms with E-state index in [4.69, 9.17) is 4.74 Å². The van der Waals surface area contributed by atoms with Crippen molar-refractivity contribution in [2.45, 2.75) is 31.2 Å². The third kappa shape index (κ3) is 2.51. The van der Waals surface area contributed by atoms with Crippen LogP contribution in [0.1, 0.15) is 52.7 Å². The molecule has 2 fully saturated rings. The van der Waals surface area contributed by atoms with Crippen LogP contribution in [0.3, 0.4) is 0 Å². The zero-order valence-corrected chi connectivity index (χ0v) is 16.7. The maximum atomic E-state index is 11.9. The van der Waals surface area contributed by atoms with Gasteiger partial charge in [0.25, 0.3) is 0 Å². The van der Waals surface area contributed by atoms with Gasteiger partial charge in [-0.05, 0) is 72.8 Å². The maximum absolute atomic E-state index is 11.9. The van der Waals surface area contributed by atoms with E-state index in [0.717, 1.165) is 21.5 Å². The number of hydrogen-bond acceptors (Lipinski definition) is 3. The first-order valence-corrected chi connectivity index (χ1v) is 10.3. The summed E-state index contributed by atoms with van der Waals surface area (Å²) in [6, 6.07) is 11.9. The minimum atomic E-state index is -0.874. The molecule has 0 radical (unpaired) electrons. The molecule has 0 amide bonds. The van der Waals surface area contributed by atoms with Gasteiger partial charge in [-0.3, -0.25) is 0 Å². The normalized spacial score (nSPS) is 30.4. The number of rotatable bonds is 3. The monoisotopic (exact) mass is 427 g/mol. The smallest absolute Gasteiger partial charge is 0.337 e. The van der Waals surface area contributed by atoms with Crippen molar-refractivity contribution in [3.8, 4) is 5.75 Å². The molecular weight excluding hydrogens is 406 g/mol. The summed E-state index contributed by atoms with van der Waals surface area (Å²) in [7, 11) is 1.70. The van der Waals surface area contributed by atoms with Crippen molar-refractivity contribution >= 4 is 27.6 Å². The van der Waals surface area contributed by atoms with E-state index in [1.807, 2.05) is 18.2 Å². The predicted octanol–water partition coefficient (Wildman–Crippen LogP) is 5.45. The average molecular weight is 428 g/mol. The van der Waals surface area contributed by atoms with E-state index in [0.29, 0.717) is 29.2 Å². The van der Waals surface area contributed by atoms with Crippen LogP contribution in [0.4, 0.5) is 5.69 Å². The summed E-state index contributed by atoms with van der Waals surface area (Å²) in [5.74, 6) is 2.22. The topological polar surface area (TPSA) is 58.6 Å². The molecule has 0 saturated heterocycles. The zero-order chi connectivity index (χ0) is 18.7. The summed E-state index contributed by atoms with van der Waals surface area (Å²) >= 11 is 3.60. The number of fused-ring (bicyclic) bond motifs is 7. The molecule has 2 N–H and O–H groups in total. The number of hydrogen-bond donors (Lipinski definition) is 2. The highest BCUT2D eigenvalue weighted by molar-refractivity contribution is 9.10. The second-order valence-electron chi connectivity index (χ2n) is 8.02. The Morgan fingerprint density at radius 3 is 2.78 bits per heavy atom. The molecule has 4 nitrogen and oxygen atoms in total. The number of aromatic carboxylic acids is 1. The van der Waals surface area contributed by atoms with Crippen molar-refractivity contribution in [1.82, 2.24) is 0 Å². The molecule has 1 aliphatic heterocycles. The summed E-state index contributed by atoms with van der Waals surface area (Å²) in [5, 5.41) is 13.4. The number of para-hydroxylation sites is 1. The summed E-state index contributed by atoms with van der Waals surface area (Å²) < 4.78 is 6.68. The Kier molecular flexibility index (Phi) is 3.97.